The maximum absolute atomic E-state index is 12.5. The molecule has 1 aliphatic heterocycles. The first kappa shape index (κ1) is 15.0. The van der Waals surface area contributed by atoms with Gasteiger partial charge in [0.1, 0.15) is 5.82 Å². The fourth-order valence-electron chi connectivity index (χ4n) is 2.54. The lowest BCUT2D eigenvalue weighted by Crippen LogP contribution is -2.41. The van der Waals surface area contributed by atoms with Gasteiger partial charge >= 0.3 is 0 Å². The molecule has 2 heterocycles. The smallest absolute Gasteiger partial charge is 0.293 e. The molecule has 6 nitrogen and oxygen atoms in total. The molecule has 1 aromatic rings. The number of aromatic nitrogens is 3. The first-order chi connectivity index (χ1) is 9.29. The number of H-pyrrole nitrogens is 1. The molecule has 1 N–H and O–H groups in total. The molecule has 0 aliphatic carbocycles. The molecular formula is C14H25N5O. The van der Waals surface area contributed by atoms with Crippen molar-refractivity contribution in [1.29, 1.82) is 0 Å². The summed E-state index contributed by atoms with van der Waals surface area (Å²) >= 11 is 0. The lowest BCUT2D eigenvalue weighted by Gasteiger charge is -2.26. The molecule has 1 unspecified atom stereocenters. The summed E-state index contributed by atoms with van der Waals surface area (Å²) in [6.45, 7) is 7.84. The van der Waals surface area contributed by atoms with Crippen molar-refractivity contribution in [3.05, 3.63) is 11.6 Å². The van der Waals surface area contributed by atoms with Gasteiger partial charge in [-0.1, -0.05) is 20.8 Å². The number of rotatable bonds is 3. The largest absolute Gasteiger partial charge is 0.332 e. The highest BCUT2D eigenvalue weighted by atomic mass is 16.2. The second-order valence-electron chi connectivity index (χ2n) is 6.81. The summed E-state index contributed by atoms with van der Waals surface area (Å²) < 4.78 is 0. The van der Waals surface area contributed by atoms with Crippen LogP contribution in [-0.4, -0.2) is 64.1 Å². The summed E-state index contributed by atoms with van der Waals surface area (Å²) in [7, 11) is 4.07. The molecule has 1 saturated heterocycles. The fraction of sp³-hybridized carbons (Fsp3) is 0.786. The summed E-state index contributed by atoms with van der Waals surface area (Å²) in [5, 5.41) is 6.99. The molecule has 2 rings (SSSR count). The summed E-state index contributed by atoms with van der Waals surface area (Å²) in [5.74, 6) is 0.992. The van der Waals surface area contributed by atoms with E-state index in [-0.39, 0.29) is 17.4 Å². The van der Waals surface area contributed by atoms with Crippen molar-refractivity contribution in [2.45, 2.75) is 45.1 Å². The van der Waals surface area contributed by atoms with Crippen LogP contribution in [0.15, 0.2) is 0 Å². The van der Waals surface area contributed by atoms with Crippen LogP contribution < -0.4 is 0 Å². The monoisotopic (exact) mass is 279 g/mol. The second kappa shape index (κ2) is 5.52. The van der Waals surface area contributed by atoms with Crippen LogP contribution in [-0.2, 0) is 5.41 Å². The molecule has 0 bridgehead atoms. The van der Waals surface area contributed by atoms with Crippen molar-refractivity contribution in [2.75, 3.05) is 27.2 Å². The van der Waals surface area contributed by atoms with Crippen LogP contribution in [0.25, 0.3) is 0 Å². The maximum atomic E-state index is 12.5. The van der Waals surface area contributed by atoms with Gasteiger partial charge in [-0.05, 0) is 26.9 Å². The Morgan fingerprint density at radius 1 is 1.45 bits per heavy atom. The van der Waals surface area contributed by atoms with Gasteiger partial charge in [-0.3, -0.25) is 9.89 Å². The Kier molecular flexibility index (Phi) is 4.13. The number of carbonyl (C=O) groups is 1. The molecule has 0 aromatic carbocycles. The molecule has 1 atom stereocenters. The SMILES string of the molecule is CN(C)CC1CCCN1C(=O)c1n[nH]c(C(C)(C)C)n1. The van der Waals surface area contributed by atoms with E-state index >= 15 is 0 Å². The van der Waals surface area contributed by atoms with Crippen LogP contribution in [0, 0.1) is 0 Å². The average Bonchev–Trinajstić information content (AvgIpc) is 2.94. The summed E-state index contributed by atoms with van der Waals surface area (Å²) in [6, 6.07) is 0.272. The van der Waals surface area contributed by atoms with Crippen LogP contribution in [0.2, 0.25) is 0 Å². The van der Waals surface area contributed by atoms with E-state index in [2.05, 4.69) is 20.1 Å². The van der Waals surface area contributed by atoms with E-state index < -0.39 is 0 Å². The van der Waals surface area contributed by atoms with Crippen molar-refractivity contribution in [1.82, 2.24) is 25.0 Å². The first-order valence-corrected chi connectivity index (χ1v) is 7.17. The average molecular weight is 279 g/mol. The van der Waals surface area contributed by atoms with Crippen molar-refractivity contribution < 1.29 is 4.79 Å². The third kappa shape index (κ3) is 3.17. The fourth-order valence-corrected chi connectivity index (χ4v) is 2.54. The van der Waals surface area contributed by atoms with E-state index in [0.717, 1.165) is 31.8 Å². The Morgan fingerprint density at radius 2 is 2.15 bits per heavy atom. The van der Waals surface area contributed by atoms with Crippen molar-refractivity contribution in [3.63, 3.8) is 0 Å². The number of likely N-dealkylation sites (tertiary alicyclic amines) is 1. The Morgan fingerprint density at radius 3 is 2.70 bits per heavy atom. The number of carbonyl (C=O) groups excluding carboxylic acids is 1. The number of hydrogen-bond donors (Lipinski definition) is 1. The van der Waals surface area contributed by atoms with Gasteiger partial charge in [0.15, 0.2) is 0 Å². The molecule has 112 valence electrons. The Hall–Kier alpha value is -1.43. The summed E-state index contributed by atoms with van der Waals surface area (Å²) in [5.41, 5.74) is -0.125. The van der Waals surface area contributed by atoms with E-state index in [1.54, 1.807) is 0 Å². The summed E-state index contributed by atoms with van der Waals surface area (Å²) in [6.07, 6.45) is 2.11. The number of amides is 1. The lowest BCUT2D eigenvalue weighted by atomic mass is 9.96. The van der Waals surface area contributed by atoms with E-state index in [1.807, 2.05) is 39.8 Å². The number of likely N-dealkylation sites (N-methyl/N-ethyl adjacent to an activating group) is 1. The molecule has 6 heteroatoms. The van der Waals surface area contributed by atoms with E-state index in [9.17, 15) is 4.79 Å². The number of nitrogens with one attached hydrogen (secondary N) is 1. The first-order valence-electron chi connectivity index (χ1n) is 7.17. The van der Waals surface area contributed by atoms with Crippen molar-refractivity contribution in [3.8, 4) is 0 Å². The van der Waals surface area contributed by atoms with E-state index in [0.29, 0.717) is 5.82 Å². The van der Waals surface area contributed by atoms with Gasteiger partial charge in [0.2, 0.25) is 5.82 Å². The molecule has 1 aromatic heterocycles. The predicted molar refractivity (Wildman–Crippen MR) is 77.7 cm³/mol. The quantitative estimate of drug-likeness (QED) is 0.905. The molecule has 1 aliphatic rings. The van der Waals surface area contributed by atoms with Gasteiger partial charge < -0.3 is 9.80 Å². The van der Waals surface area contributed by atoms with Crippen molar-refractivity contribution in [2.24, 2.45) is 0 Å². The molecular weight excluding hydrogens is 254 g/mol. The molecule has 0 spiro atoms. The standard InChI is InChI=1S/C14H25N5O/c1-14(2,3)13-15-11(16-17-13)12(20)19-8-6-7-10(19)9-18(4)5/h10H,6-9H2,1-5H3,(H,15,16,17). The highest BCUT2D eigenvalue weighted by molar-refractivity contribution is 5.90. The third-order valence-electron chi connectivity index (χ3n) is 3.60. The minimum Gasteiger partial charge on any atom is -0.332 e. The predicted octanol–water partition coefficient (Wildman–Crippen LogP) is 1.27. The van der Waals surface area contributed by atoms with Crippen LogP contribution in [0.4, 0.5) is 0 Å². The lowest BCUT2D eigenvalue weighted by molar-refractivity contribution is 0.0704. The van der Waals surface area contributed by atoms with Crippen LogP contribution in [0.3, 0.4) is 0 Å². The summed E-state index contributed by atoms with van der Waals surface area (Å²) in [4.78, 5) is 20.9. The Balaban J connectivity index is 2.12. The number of aromatic amines is 1. The topological polar surface area (TPSA) is 65.1 Å². The normalized spacial score (nSPS) is 19.9. The molecule has 1 amide bonds. The zero-order valence-electron chi connectivity index (χ0n) is 13.1. The van der Waals surface area contributed by atoms with Gasteiger partial charge in [-0.15, -0.1) is 5.10 Å². The van der Waals surface area contributed by atoms with Gasteiger partial charge in [-0.25, -0.2) is 4.98 Å². The van der Waals surface area contributed by atoms with E-state index in [4.69, 9.17) is 0 Å². The number of nitrogens with zero attached hydrogens (tertiary/aromatic N) is 4. The zero-order valence-corrected chi connectivity index (χ0v) is 13.1. The van der Waals surface area contributed by atoms with Gasteiger partial charge in [0.25, 0.3) is 5.91 Å². The van der Waals surface area contributed by atoms with Gasteiger partial charge in [0, 0.05) is 24.5 Å². The zero-order chi connectivity index (χ0) is 14.9. The van der Waals surface area contributed by atoms with Crippen LogP contribution in [0.1, 0.15) is 50.1 Å². The van der Waals surface area contributed by atoms with Crippen LogP contribution >= 0.6 is 0 Å². The van der Waals surface area contributed by atoms with Gasteiger partial charge in [0.05, 0.1) is 0 Å². The number of hydrogen-bond acceptors (Lipinski definition) is 4. The maximum Gasteiger partial charge on any atom is 0.293 e. The van der Waals surface area contributed by atoms with Crippen molar-refractivity contribution >= 4 is 5.91 Å². The van der Waals surface area contributed by atoms with E-state index in [1.165, 1.54) is 0 Å². The second-order valence-corrected chi connectivity index (χ2v) is 6.81. The Bertz CT molecular complexity index is 474. The minimum atomic E-state index is -0.125. The third-order valence-corrected chi connectivity index (χ3v) is 3.60. The Labute approximate surface area is 120 Å². The van der Waals surface area contributed by atoms with Gasteiger partial charge in [-0.2, -0.15) is 0 Å². The molecule has 0 saturated carbocycles. The molecule has 20 heavy (non-hydrogen) atoms. The highest BCUT2D eigenvalue weighted by Gasteiger charge is 2.32. The molecule has 0 radical (unpaired) electrons. The highest BCUT2D eigenvalue weighted by Crippen LogP contribution is 2.21. The molecule has 1 fully saturated rings. The minimum absolute atomic E-state index is 0.0545. The van der Waals surface area contributed by atoms with Crippen LogP contribution in [0.5, 0.6) is 0 Å².